The number of unbranched alkanes of at least 4 members (excludes halogenated alkanes) is 16. The average molecular weight is 761 g/mol. The third-order valence-electron chi connectivity index (χ3n) is 8.51. The smallest absolute Gasteiger partial charge is 0.462 e. The number of esters is 2. The van der Waals surface area contributed by atoms with Gasteiger partial charge in [0.1, 0.15) is 12.7 Å². The van der Waals surface area contributed by atoms with Gasteiger partial charge in [0.2, 0.25) is 0 Å². The van der Waals surface area contributed by atoms with Crippen LogP contribution < -0.4 is 0 Å². The highest BCUT2D eigenvalue weighted by atomic mass is 31.2. The summed E-state index contributed by atoms with van der Waals surface area (Å²) in [6, 6.07) is 0. The van der Waals surface area contributed by atoms with Gasteiger partial charge < -0.3 is 24.6 Å². The van der Waals surface area contributed by atoms with Gasteiger partial charge in [-0.1, -0.05) is 135 Å². The molecule has 12 heteroatoms. The van der Waals surface area contributed by atoms with Gasteiger partial charge in [-0.15, -0.1) is 0 Å². The van der Waals surface area contributed by atoms with Gasteiger partial charge >= 0.3 is 19.8 Å². The van der Waals surface area contributed by atoms with Gasteiger partial charge in [0.05, 0.1) is 19.8 Å². The van der Waals surface area contributed by atoms with E-state index < -0.39 is 51.8 Å². The van der Waals surface area contributed by atoms with E-state index >= 15 is 0 Å². The first kappa shape index (κ1) is 50.1. The fourth-order valence-electron chi connectivity index (χ4n) is 5.33. The van der Waals surface area contributed by atoms with Crippen LogP contribution in [0.1, 0.15) is 168 Å². The predicted molar refractivity (Wildman–Crippen MR) is 206 cm³/mol. The third-order valence-corrected chi connectivity index (χ3v) is 9.46. The number of ether oxygens (including phenoxy) is 2. The van der Waals surface area contributed by atoms with E-state index in [1.165, 1.54) is 57.8 Å². The molecule has 0 rings (SSSR count). The Hall–Kier alpha value is -1.88. The summed E-state index contributed by atoms with van der Waals surface area (Å²) in [5.74, 6) is -0.135. The Morgan fingerprint density at radius 3 is 1.79 bits per heavy atom. The van der Waals surface area contributed by atoms with Crippen molar-refractivity contribution in [3.8, 4) is 0 Å². The van der Waals surface area contributed by atoms with E-state index in [2.05, 4.69) is 31.4 Å². The van der Waals surface area contributed by atoms with Gasteiger partial charge in [-0.3, -0.25) is 23.4 Å². The van der Waals surface area contributed by atoms with Crippen molar-refractivity contribution < 1.29 is 52.6 Å². The van der Waals surface area contributed by atoms with E-state index in [0.29, 0.717) is 19.3 Å². The van der Waals surface area contributed by atoms with E-state index in [0.717, 1.165) is 63.7 Å². The number of aliphatic hydroxyl groups excluding tert-OH is 2. The molecule has 0 heterocycles. The maximum absolute atomic E-state index is 12.6. The molecule has 0 saturated heterocycles. The summed E-state index contributed by atoms with van der Waals surface area (Å²) >= 11 is 0. The molecular formula is C40H73O11P. The number of allylic oxidation sites excluding steroid dienone is 4. The zero-order chi connectivity index (χ0) is 38.7. The summed E-state index contributed by atoms with van der Waals surface area (Å²) in [5, 5.41) is 18.3. The summed E-state index contributed by atoms with van der Waals surface area (Å²) in [4.78, 5) is 46.9. The Labute approximate surface area is 314 Å². The molecule has 0 bridgehead atoms. The molecule has 0 fully saturated rings. The van der Waals surface area contributed by atoms with Crippen LogP contribution in [-0.2, 0) is 37.5 Å². The zero-order valence-electron chi connectivity index (χ0n) is 32.7. The third kappa shape index (κ3) is 35.2. The van der Waals surface area contributed by atoms with Crippen molar-refractivity contribution in [1.82, 2.24) is 0 Å². The summed E-state index contributed by atoms with van der Waals surface area (Å²) in [6.07, 6.45) is 26.9. The molecule has 0 aromatic heterocycles. The highest BCUT2D eigenvalue weighted by Crippen LogP contribution is 2.43. The molecule has 0 amide bonds. The first-order valence-electron chi connectivity index (χ1n) is 20.1. The van der Waals surface area contributed by atoms with Crippen molar-refractivity contribution in [2.75, 3.05) is 26.4 Å². The fraction of sp³-hybridized carbons (Fsp3) is 0.825. The molecule has 0 spiro atoms. The number of aliphatic hydroxyl groups is 2. The number of hydrogen-bond donors (Lipinski definition) is 3. The van der Waals surface area contributed by atoms with Crippen LogP contribution in [0, 0.1) is 5.92 Å². The van der Waals surface area contributed by atoms with E-state index in [9.17, 15) is 28.9 Å². The van der Waals surface area contributed by atoms with Crippen LogP contribution in [0.5, 0.6) is 0 Å². The second-order valence-corrected chi connectivity index (χ2v) is 15.6. The number of carbonyl (C=O) groups excluding carboxylic acids is 3. The minimum atomic E-state index is -4.64. The van der Waals surface area contributed by atoms with Gasteiger partial charge in [0, 0.05) is 19.3 Å². The lowest BCUT2D eigenvalue weighted by atomic mass is 10.0. The summed E-state index contributed by atoms with van der Waals surface area (Å²) in [7, 11) is -4.64. The number of hydrogen-bond acceptors (Lipinski definition) is 10. The lowest BCUT2D eigenvalue weighted by Gasteiger charge is -2.20. The largest absolute Gasteiger partial charge is 0.472 e. The average Bonchev–Trinajstić information content (AvgIpc) is 3.11. The van der Waals surface area contributed by atoms with Gasteiger partial charge in [-0.25, -0.2) is 4.57 Å². The quantitative estimate of drug-likeness (QED) is 0.0182. The molecule has 11 nitrogen and oxygen atoms in total. The van der Waals surface area contributed by atoms with Crippen LogP contribution >= 0.6 is 7.82 Å². The van der Waals surface area contributed by atoms with Gasteiger partial charge in [0.25, 0.3) is 0 Å². The van der Waals surface area contributed by atoms with Crippen molar-refractivity contribution in [3.05, 3.63) is 24.3 Å². The van der Waals surface area contributed by atoms with E-state index in [1.54, 1.807) is 12.2 Å². The summed E-state index contributed by atoms with van der Waals surface area (Å²) < 4.78 is 32.5. The lowest BCUT2D eigenvalue weighted by Crippen LogP contribution is -2.29. The molecule has 0 aliphatic heterocycles. The summed E-state index contributed by atoms with van der Waals surface area (Å²) in [6.45, 7) is 4.48. The second kappa shape index (κ2) is 34.9. The molecule has 304 valence electrons. The first-order chi connectivity index (χ1) is 25.0. The molecule has 0 aromatic carbocycles. The Morgan fingerprint density at radius 1 is 0.673 bits per heavy atom. The molecule has 0 aromatic rings. The van der Waals surface area contributed by atoms with E-state index in [1.807, 2.05) is 6.08 Å². The molecule has 1 unspecified atom stereocenters. The molecule has 0 aliphatic rings. The number of phosphoric acid groups is 1. The Kier molecular flexibility index (Phi) is 33.6. The number of rotatable bonds is 37. The SMILES string of the molecule is CCCCC/C=C\C=C\C(=O)CCCCCCCC(=O)O[C@H](COC(=O)CCCCCCCCCCCCC(C)C)COP(=O)(O)OC[C@@H](O)CO. The van der Waals surface area contributed by atoms with Crippen LogP contribution in [0.4, 0.5) is 0 Å². The van der Waals surface area contributed by atoms with Crippen molar-refractivity contribution in [3.63, 3.8) is 0 Å². The first-order valence-corrected chi connectivity index (χ1v) is 21.6. The van der Waals surface area contributed by atoms with Gasteiger partial charge in [-0.2, -0.15) is 0 Å². The fourth-order valence-corrected chi connectivity index (χ4v) is 6.12. The number of ketones is 1. The second-order valence-electron chi connectivity index (χ2n) is 14.2. The molecule has 3 atom stereocenters. The molecule has 0 saturated carbocycles. The molecular weight excluding hydrogens is 687 g/mol. The van der Waals surface area contributed by atoms with Crippen LogP contribution in [0.3, 0.4) is 0 Å². The maximum Gasteiger partial charge on any atom is 0.472 e. The predicted octanol–water partition coefficient (Wildman–Crippen LogP) is 9.26. The highest BCUT2D eigenvalue weighted by molar-refractivity contribution is 7.47. The van der Waals surface area contributed by atoms with Crippen molar-refractivity contribution in [2.45, 2.75) is 181 Å². The van der Waals surface area contributed by atoms with Crippen LogP contribution in [0.15, 0.2) is 24.3 Å². The highest BCUT2D eigenvalue weighted by Gasteiger charge is 2.27. The number of carbonyl (C=O) groups is 3. The zero-order valence-corrected chi connectivity index (χ0v) is 33.6. The van der Waals surface area contributed by atoms with Crippen LogP contribution in [0.25, 0.3) is 0 Å². The molecule has 0 radical (unpaired) electrons. The van der Waals surface area contributed by atoms with Crippen LogP contribution in [-0.4, -0.2) is 71.5 Å². The van der Waals surface area contributed by atoms with Gasteiger partial charge in [0.15, 0.2) is 11.9 Å². The standard InChI is InChI=1S/C40H73O11P/c1-4-5-6-7-12-17-22-27-36(42)28-23-18-15-20-25-30-40(45)51-38(34-50-52(46,47)49-32-37(43)31-41)33-48-39(44)29-24-19-14-11-9-8-10-13-16-21-26-35(2)3/h12,17,22,27,35,37-38,41,43H,4-11,13-16,18-21,23-26,28-34H2,1-3H3,(H,46,47)/b17-12-,27-22+/t37-,38+/m0/s1. The Morgan fingerprint density at radius 2 is 1.21 bits per heavy atom. The Bertz CT molecular complexity index is 998. The monoisotopic (exact) mass is 760 g/mol. The maximum atomic E-state index is 12.6. The summed E-state index contributed by atoms with van der Waals surface area (Å²) in [5.41, 5.74) is 0. The molecule has 0 aliphatic carbocycles. The topological polar surface area (TPSA) is 166 Å². The van der Waals surface area contributed by atoms with Crippen molar-refractivity contribution >= 4 is 25.5 Å². The van der Waals surface area contributed by atoms with Crippen molar-refractivity contribution in [2.24, 2.45) is 5.92 Å². The number of phosphoric ester groups is 1. The minimum Gasteiger partial charge on any atom is -0.462 e. The molecule has 52 heavy (non-hydrogen) atoms. The van der Waals surface area contributed by atoms with Crippen molar-refractivity contribution in [1.29, 1.82) is 0 Å². The normalized spacial score (nSPS) is 14.2. The minimum absolute atomic E-state index is 0.0991. The Balaban J connectivity index is 4.43. The van der Waals surface area contributed by atoms with Crippen LogP contribution in [0.2, 0.25) is 0 Å². The van der Waals surface area contributed by atoms with E-state index in [-0.39, 0.29) is 25.2 Å². The molecule has 3 N–H and O–H groups in total. The lowest BCUT2D eigenvalue weighted by molar-refractivity contribution is -0.161. The van der Waals surface area contributed by atoms with Gasteiger partial charge in [-0.05, 0) is 44.1 Å². The van der Waals surface area contributed by atoms with E-state index in [4.69, 9.17) is 19.1 Å².